The first-order chi connectivity index (χ1) is 34.9. The van der Waals surface area contributed by atoms with Crippen LogP contribution in [0.2, 0.25) is 0 Å². The standard InChI is InChI=1S/C63H106O6P2/c1-5-7-9-11-13-15-17-19-21-33-51-64-70(68-61-41-31-29-39-59(61)53-35-25-23-26-36-53)66-57-47-43-55(44-48-57)63(3,4)56-45-49-58(50-46-56)67-71(65-52-34-22-20-18-16-14-12-10-8-6-2)69-62-42-32-30-40-60(62)54-37-27-24-28-38-54/h29-32,39-42,53-58H,5-28,33-38,43-52H2,1-4H3. The van der Waals surface area contributed by atoms with Crippen molar-refractivity contribution >= 4 is 17.2 Å². The smallest absolute Gasteiger partial charge is 0.397 e. The lowest BCUT2D eigenvalue weighted by Crippen LogP contribution is -2.39. The minimum Gasteiger partial charge on any atom is -0.426 e. The Balaban J connectivity index is 0.969. The minimum atomic E-state index is -1.47. The number of hydrogen-bond acceptors (Lipinski definition) is 6. The van der Waals surface area contributed by atoms with Crippen LogP contribution in [0, 0.1) is 17.3 Å². The molecule has 0 N–H and O–H groups in total. The van der Waals surface area contributed by atoms with E-state index in [4.69, 9.17) is 27.1 Å². The number of hydrogen-bond donors (Lipinski definition) is 0. The molecule has 4 fully saturated rings. The van der Waals surface area contributed by atoms with E-state index in [1.807, 2.05) is 0 Å². The average Bonchev–Trinajstić information content (AvgIpc) is 3.40. The molecule has 0 bridgehead atoms. The van der Waals surface area contributed by atoms with Crippen molar-refractivity contribution in [3.63, 3.8) is 0 Å². The molecule has 404 valence electrons. The van der Waals surface area contributed by atoms with Gasteiger partial charge >= 0.3 is 17.2 Å². The van der Waals surface area contributed by atoms with Crippen molar-refractivity contribution in [2.24, 2.45) is 17.3 Å². The number of para-hydroxylation sites is 2. The van der Waals surface area contributed by atoms with E-state index in [-0.39, 0.29) is 17.6 Å². The SMILES string of the molecule is CCCCCCCCCCCCOP(Oc1ccccc1C1CCCCC1)OC1CCC(C(C)(C)C2CCC(OP(OCCCCCCCCCCCC)Oc3ccccc3C3CCCCC3)CC2)CC1. The summed E-state index contributed by atoms with van der Waals surface area (Å²) in [5.41, 5.74) is 2.99. The van der Waals surface area contributed by atoms with Gasteiger partial charge in [0.2, 0.25) is 0 Å². The van der Waals surface area contributed by atoms with Gasteiger partial charge in [-0.2, -0.15) is 0 Å². The van der Waals surface area contributed by atoms with E-state index in [1.54, 1.807) is 0 Å². The Morgan fingerprint density at radius 3 is 1.07 bits per heavy atom. The summed E-state index contributed by atoms with van der Waals surface area (Å²) in [5, 5.41) is 0. The third-order valence-corrected chi connectivity index (χ3v) is 20.0. The second-order valence-corrected chi connectivity index (χ2v) is 25.6. The van der Waals surface area contributed by atoms with Crippen LogP contribution in [0.15, 0.2) is 48.5 Å². The molecule has 2 aromatic rings. The molecule has 8 heteroatoms. The molecule has 4 saturated carbocycles. The van der Waals surface area contributed by atoms with E-state index >= 15 is 0 Å². The van der Waals surface area contributed by atoms with E-state index in [0.717, 1.165) is 63.2 Å². The van der Waals surface area contributed by atoms with Crippen LogP contribution >= 0.6 is 17.2 Å². The van der Waals surface area contributed by atoms with Gasteiger partial charge in [0, 0.05) is 0 Å². The Morgan fingerprint density at radius 2 is 0.718 bits per heavy atom. The lowest BCUT2D eigenvalue weighted by molar-refractivity contribution is 0.00598. The fraction of sp³-hybridized carbons (Fsp3) is 0.810. The van der Waals surface area contributed by atoms with E-state index < -0.39 is 17.2 Å². The summed E-state index contributed by atoms with van der Waals surface area (Å²) in [6.07, 6.45) is 49.0. The molecule has 0 amide bonds. The molecule has 2 aromatic carbocycles. The van der Waals surface area contributed by atoms with Gasteiger partial charge in [-0.15, -0.1) is 0 Å². The van der Waals surface area contributed by atoms with Crippen molar-refractivity contribution in [3.05, 3.63) is 59.7 Å². The molecular formula is C63H106O6P2. The number of unbranched alkanes of at least 4 members (excludes halogenated alkanes) is 18. The maximum Gasteiger partial charge on any atom is 0.397 e. The van der Waals surface area contributed by atoms with Gasteiger partial charge in [-0.25, -0.2) is 0 Å². The summed E-state index contributed by atoms with van der Waals surface area (Å²) in [6, 6.07) is 17.6. The molecule has 6 nitrogen and oxygen atoms in total. The molecule has 4 aliphatic rings. The summed E-state index contributed by atoms with van der Waals surface area (Å²) in [6.45, 7) is 11.2. The highest BCUT2D eigenvalue weighted by Gasteiger charge is 2.42. The molecule has 0 aromatic heterocycles. The third-order valence-electron chi connectivity index (χ3n) is 17.6. The molecule has 4 aliphatic carbocycles. The maximum absolute atomic E-state index is 6.93. The highest BCUT2D eigenvalue weighted by atomic mass is 31.2. The van der Waals surface area contributed by atoms with Crippen LogP contribution in [0.4, 0.5) is 0 Å². The zero-order chi connectivity index (χ0) is 49.6. The van der Waals surface area contributed by atoms with Crippen LogP contribution < -0.4 is 9.05 Å². The summed E-state index contributed by atoms with van der Waals surface area (Å²) in [5.74, 6) is 4.53. The van der Waals surface area contributed by atoms with Gasteiger partial charge in [0.05, 0.1) is 25.4 Å². The summed E-state index contributed by atoms with van der Waals surface area (Å²) < 4.78 is 40.7. The predicted molar refractivity (Wildman–Crippen MR) is 303 cm³/mol. The normalized spacial score (nSPS) is 22.6. The maximum atomic E-state index is 6.93. The number of benzene rings is 2. The molecule has 0 aliphatic heterocycles. The molecule has 0 saturated heterocycles. The molecule has 6 rings (SSSR count). The second kappa shape index (κ2) is 35.1. The molecule has 0 heterocycles. The fourth-order valence-electron chi connectivity index (χ4n) is 12.8. The lowest BCUT2D eigenvalue weighted by Gasteiger charge is -2.46. The first-order valence-corrected chi connectivity index (χ1v) is 32.9. The van der Waals surface area contributed by atoms with Gasteiger partial charge in [0.1, 0.15) is 11.5 Å². The highest BCUT2D eigenvalue weighted by Crippen LogP contribution is 2.54. The molecule has 0 radical (unpaired) electrons. The zero-order valence-electron chi connectivity index (χ0n) is 46.2. The van der Waals surface area contributed by atoms with Crippen molar-refractivity contribution in [1.82, 2.24) is 0 Å². The fourth-order valence-corrected chi connectivity index (χ4v) is 15.2. The van der Waals surface area contributed by atoms with Gasteiger partial charge in [-0.1, -0.05) is 218 Å². The van der Waals surface area contributed by atoms with Crippen molar-refractivity contribution in [2.45, 2.75) is 296 Å². The van der Waals surface area contributed by atoms with Crippen molar-refractivity contribution in [1.29, 1.82) is 0 Å². The van der Waals surface area contributed by atoms with Gasteiger partial charge in [-0.3, -0.25) is 9.05 Å². The molecular weight excluding hydrogens is 915 g/mol. The molecule has 71 heavy (non-hydrogen) atoms. The van der Waals surface area contributed by atoms with Crippen LogP contribution in [0.25, 0.3) is 0 Å². The van der Waals surface area contributed by atoms with Gasteiger partial charge in [0.25, 0.3) is 0 Å². The summed E-state index contributed by atoms with van der Waals surface area (Å²) in [4.78, 5) is 0. The van der Waals surface area contributed by atoms with Crippen molar-refractivity contribution < 1.29 is 27.1 Å². The first-order valence-electron chi connectivity index (χ1n) is 30.7. The monoisotopic (exact) mass is 1020 g/mol. The van der Waals surface area contributed by atoms with Crippen LogP contribution in [0.5, 0.6) is 11.5 Å². The van der Waals surface area contributed by atoms with Gasteiger partial charge in [-0.05, 0) is 142 Å². The third kappa shape index (κ3) is 21.7. The van der Waals surface area contributed by atoms with Crippen LogP contribution in [0.3, 0.4) is 0 Å². The number of rotatable bonds is 36. The Kier molecular flexibility index (Phi) is 29.2. The minimum absolute atomic E-state index is 0.189. The largest absolute Gasteiger partial charge is 0.426 e. The molecule has 2 atom stereocenters. The topological polar surface area (TPSA) is 55.4 Å². The molecule has 0 spiro atoms. The van der Waals surface area contributed by atoms with Crippen LogP contribution in [0.1, 0.15) is 295 Å². The van der Waals surface area contributed by atoms with Crippen molar-refractivity contribution in [2.75, 3.05) is 13.2 Å². The highest BCUT2D eigenvalue weighted by molar-refractivity contribution is 7.42. The first kappa shape index (κ1) is 59.0. The van der Waals surface area contributed by atoms with E-state index in [0.29, 0.717) is 23.7 Å². The predicted octanol–water partition coefficient (Wildman–Crippen LogP) is 21.7. The van der Waals surface area contributed by atoms with E-state index in [2.05, 4.69) is 76.2 Å². The van der Waals surface area contributed by atoms with E-state index in [1.165, 1.54) is 217 Å². The van der Waals surface area contributed by atoms with E-state index in [9.17, 15) is 0 Å². The molecule has 2 unspecified atom stereocenters. The van der Waals surface area contributed by atoms with Crippen LogP contribution in [-0.4, -0.2) is 25.4 Å². The summed E-state index contributed by atoms with van der Waals surface area (Å²) in [7, 11) is -2.93. The average molecular weight is 1020 g/mol. The van der Waals surface area contributed by atoms with Gasteiger partial charge < -0.3 is 18.1 Å². The quantitative estimate of drug-likeness (QED) is 0.0501. The second-order valence-electron chi connectivity index (χ2n) is 23.4. The Hall–Kier alpha value is -1.26. The van der Waals surface area contributed by atoms with Crippen LogP contribution in [-0.2, 0) is 18.1 Å². The lowest BCUT2D eigenvalue weighted by atomic mass is 9.60. The van der Waals surface area contributed by atoms with Crippen molar-refractivity contribution in [3.8, 4) is 11.5 Å². The Bertz CT molecular complexity index is 1510. The Morgan fingerprint density at radius 1 is 0.394 bits per heavy atom. The Labute approximate surface area is 439 Å². The van der Waals surface area contributed by atoms with Gasteiger partial charge in [0.15, 0.2) is 0 Å². The zero-order valence-corrected chi connectivity index (χ0v) is 48.0. The summed E-state index contributed by atoms with van der Waals surface area (Å²) >= 11 is 0.